The summed E-state index contributed by atoms with van der Waals surface area (Å²) in [7, 11) is 1.90. The average Bonchev–Trinajstić information content (AvgIpc) is 2.92. The summed E-state index contributed by atoms with van der Waals surface area (Å²) in [5.41, 5.74) is 2.41. The molecule has 1 N–H and O–H groups in total. The third-order valence-corrected chi connectivity index (χ3v) is 3.98. The maximum absolute atomic E-state index is 4.12. The van der Waals surface area contributed by atoms with Gasteiger partial charge in [-0.25, -0.2) is 0 Å². The van der Waals surface area contributed by atoms with Crippen LogP contribution in [0.15, 0.2) is 36.5 Å². The molecule has 5 heteroatoms. The van der Waals surface area contributed by atoms with Crippen LogP contribution < -0.4 is 5.32 Å². The van der Waals surface area contributed by atoms with Crippen LogP contribution in [0.5, 0.6) is 0 Å². The largest absolute Gasteiger partial charge is 0.307 e. The number of rotatable bonds is 5. The summed E-state index contributed by atoms with van der Waals surface area (Å²) in [6.07, 6.45) is 4.47. The van der Waals surface area contributed by atoms with Crippen LogP contribution in [-0.4, -0.2) is 39.0 Å². The van der Waals surface area contributed by atoms with Gasteiger partial charge in [-0.15, -0.1) is 5.10 Å². The topological polar surface area (TPSA) is 46.0 Å². The summed E-state index contributed by atoms with van der Waals surface area (Å²) >= 11 is 0. The molecule has 1 aromatic carbocycles. The molecule has 1 fully saturated rings. The van der Waals surface area contributed by atoms with Crippen molar-refractivity contribution in [1.82, 2.24) is 25.2 Å². The van der Waals surface area contributed by atoms with E-state index in [0.717, 1.165) is 25.3 Å². The molecule has 3 rings (SSSR count). The Bertz CT molecular complexity index is 551. The molecular formula is C16H23N5. The second-order valence-electron chi connectivity index (χ2n) is 5.82. The molecule has 0 saturated carbocycles. The predicted octanol–water partition coefficient (Wildman–Crippen LogP) is 1.57. The van der Waals surface area contributed by atoms with Gasteiger partial charge in [0.1, 0.15) is 0 Å². The number of hydrogen-bond acceptors (Lipinski definition) is 4. The van der Waals surface area contributed by atoms with Crippen LogP contribution in [0.3, 0.4) is 0 Å². The van der Waals surface area contributed by atoms with Crippen molar-refractivity contribution in [3.05, 3.63) is 47.8 Å². The van der Waals surface area contributed by atoms with E-state index in [2.05, 4.69) is 50.9 Å². The molecule has 0 radical (unpaired) electrons. The van der Waals surface area contributed by atoms with Gasteiger partial charge in [-0.3, -0.25) is 9.58 Å². The molecule has 0 amide bonds. The first-order valence-electron chi connectivity index (χ1n) is 7.64. The van der Waals surface area contributed by atoms with Gasteiger partial charge in [0, 0.05) is 38.9 Å². The van der Waals surface area contributed by atoms with Gasteiger partial charge in [0.2, 0.25) is 0 Å². The van der Waals surface area contributed by atoms with Crippen LogP contribution in [-0.2, 0) is 20.1 Å². The number of nitrogens with zero attached hydrogens (tertiary/aromatic N) is 4. The maximum Gasteiger partial charge on any atom is 0.0964 e. The fourth-order valence-electron chi connectivity index (χ4n) is 2.93. The van der Waals surface area contributed by atoms with Crippen molar-refractivity contribution < 1.29 is 0 Å². The van der Waals surface area contributed by atoms with Crippen LogP contribution in [0.2, 0.25) is 0 Å². The summed E-state index contributed by atoms with van der Waals surface area (Å²) in [4.78, 5) is 2.53. The van der Waals surface area contributed by atoms with E-state index >= 15 is 0 Å². The second-order valence-corrected chi connectivity index (χ2v) is 5.82. The number of aryl methyl sites for hydroxylation is 1. The van der Waals surface area contributed by atoms with Gasteiger partial charge in [-0.05, 0) is 24.9 Å². The molecule has 112 valence electrons. The zero-order valence-corrected chi connectivity index (χ0v) is 12.6. The molecule has 1 aliphatic heterocycles. The van der Waals surface area contributed by atoms with Crippen LogP contribution in [0.1, 0.15) is 24.1 Å². The van der Waals surface area contributed by atoms with Gasteiger partial charge in [0.15, 0.2) is 0 Å². The Morgan fingerprint density at radius 2 is 2.14 bits per heavy atom. The Morgan fingerprint density at radius 1 is 1.29 bits per heavy atom. The minimum absolute atomic E-state index is 0.546. The number of benzene rings is 1. The zero-order valence-electron chi connectivity index (χ0n) is 12.6. The first-order chi connectivity index (χ1) is 10.3. The van der Waals surface area contributed by atoms with Gasteiger partial charge >= 0.3 is 0 Å². The lowest BCUT2D eigenvalue weighted by Gasteiger charge is -2.33. The van der Waals surface area contributed by atoms with Crippen molar-refractivity contribution in [2.45, 2.75) is 32.0 Å². The van der Waals surface area contributed by atoms with E-state index in [-0.39, 0.29) is 0 Å². The number of hydrogen-bond donors (Lipinski definition) is 1. The van der Waals surface area contributed by atoms with E-state index in [9.17, 15) is 0 Å². The summed E-state index contributed by atoms with van der Waals surface area (Å²) in [5.74, 6) is 0. The standard InChI is InChI=1S/C16H23N5/c1-20-12-16(18-19-20)10-17-15-8-5-9-21(13-15)11-14-6-3-2-4-7-14/h2-4,6-7,12,15,17H,5,8-11,13H2,1H3. The quantitative estimate of drug-likeness (QED) is 0.906. The van der Waals surface area contributed by atoms with Crippen molar-refractivity contribution in [2.75, 3.05) is 13.1 Å². The number of likely N-dealkylation sites (tertiary alicyclic amines) is 1. The molecule has 0 bridgehead atoms. The fourth-order valence-corrected chi connectivity index (χ4v) is 2.93. The molecule has 1 unspecified atom stereocenters. The van der Waals surface area contributed by atoms with E-state index in [1.807, 2.05) is 13.2 Å². The Kier molecular flexibility index (Phi) is 4.62. The normalized spacial score (nSPS) is 19.8. The van der Waals surface area contributed by atoms with Gasteiger partial charge in [-0.1, -0.05) is 35.5 Å². The fraction of sp³-hybridized carbons (Fsp3) is 0.500. The molecule has 5 nitrogen and oxygen atoms in total. The Balaban J connectivity index is 1.49. The predicted molar refractivity (Wildman–Crippen MR) is 82.6 cm³/mol. The minimum atomic E-state index is 0.546. The highest BCUT2D eigenvalue weighted by Crippen LogP contribution is 2.14. The molecule has 0 spiro atoms. The summed E-state index contributed by atoms with van der Waals surface area (Å²) < 4.78 is 1.75. The SMILES string of the molecule is Cn1cc(CNC2CCCN(Cc3ccccc3)C2)nn1. The summed E-state index contributed by atoms with van der Waals surface area (Å²) in [6, 6.07) is 11.3. The molecule has 1 saturated heterocycles. The maximum atomic E-state index is 4.12. The molecule has 1 atom stereocenters. The third-order valence-electron chi connectivity index (χ3n) is 3.98. The Hall–Kier alpha value is -1.72. The van der Waals surface area contributed by atoms with Crippen LogP contribution in [0.4, 0.5) is 0 Å². The number of nitrogens with one attached hydrogen (secondary N) is 1. The molecular weight excluding hydrogens is 262 g/mol. The van der Waals surface area contributed by atoms with Gasteiger partial charge < -0.3 is 5.32 Å². The third kappa shape index (κ3) is 4.12. The van der Waals surface area contributed by atoms with Crippen molar-refractivity contribution in [3.8, 4) is 0 Å². The average molecular weight is 285 g/mol. The highest BCUT2D eigenvalue weighted by Gasteiger charge is 2.19. The van der Waals surface area contributed by atoms with Crippen molar-refractivity contribution in [1.29, 1.82) is 0 Å². The van der Waals surface area contributed by atoms with E-state index < -0.39 is 0 Å². The van der Waals surface area contributed by atoms with Crippen LogP contribution >= 0.6 is 0 Å². The number of aromatic nitrogens is 3. The van der Waals surface area contributed by atoms with Gasteiger partial charge in [0.05, 0.1) is 5.69 Å². The lowest BCUT2D eigenvalue weighted by Crippen LogP contribution is -2.45. The molecule has 2 heterocycles. The Morgan fingerprint density at radius 3 is 2.90 bits per heavy atom. The lowest BCUT2D eigenvalue weighted by atomic mass is 10.0. The molecule has 2 aromatic rings. The highest BCUT2D eigenvalue weighted by molar-refractivity contribution is 5.14. The van der Waals surface area contributed by atoms with Crippen LogP contribution in [0, 0.1) is 0 Å². The minimum Gasteiger partial charge on any atom is -0.307 e. The highest BCUT2D eigenvalue weighted by atomic mass is 15.4. The van der Waals surface area contributed by atoms with E-state index in [1.165, 1.54) is 24.9 Å². The number of piperidine rings is 1. The molecule has 21 heavy (non-hydrogen) atoms. The first-order valence-corrected chi connectivity index (χ1v) is 7.64. The zero-order chi connectivity index (χ0) is 14.5. The van der Waals surface area contributed by atoms with Crippen molar-refractivity contribution in [2.24, 2.45) is 7.05 Å². The lowest BCUT2D eigenvalue weighted by molar-refractivity contribution is 0.182. The first kappa shape index (κ1) is 14.2. The molecule has 1 aliphatic rings. The smallest absolute Gasteiger partial charge is 0.0964 e. The van der Waals surface area contributed by atoms with E-state index in [0.29, 0.717) is 6.04 Å². The van der Waals surface area contributed by atoms with E-state index in [1.54, 1.807) is 4.68 Å². The van der Waals surface area contributed by atoms with Gasteiger partial charge in [-0.2, -0.15) is 0 Å². The van der Waals surface area contributed by atoms with E-state index in [4.69, 9.17) is 0 Å². The van der Waals surface area contributed by atoms with Crippen LogP contribution in [0.25, 0.3) is 0 Å². The summed E-state index contributed by atoms with van der Waals surface area (Å²) in [6.45, 7) is 4.15. The van der Waals surface area contributed by atoms with Crippen molar-refractivity contribution in [3.63, 3.8) is 0 Å². The van der Waals surface area contributed by atoms with Crippen molar-refractivity contribution >= 4 is 0 Å². The monoisotopic (exact) mass is 285 g/mol. The van der Waals surface area contributed by atoms with Gasteiger partial charge in [0.25, 0.3) is 0 Å². The Labute approximate surface area is 126 Å². The molecule has 1 aromatic heterocycles. The summed E-state index contributed by atoms with van der Waals surface area (Å²) in [5, 5.41) is 11.7. The molecule has 0 aliphatic carbocycles. The second kappa shape index (κ2) is 6.83.